The maximum atomic E-state index is 14.3. The van der Waals surface area contributed by atoms with Crippen LogP contribution in [0.15, 0.2) is 60.7 Å². The molecular weight excluding hydrogens is 492 g/mol. The van der Waals surface area contributed by atoms with Crippen molar-refractivity contribution in [1.82, 2.24) is 10.2 Å². The van der Waals surface area contributed by atoms with Crippen molar-refractivity contribution < 1.29 is 14.4 Å². The highest BCUT2D eigenvalue weighted by Gasteiger charge is 2.85. The number of amides is 2. The van der Waals surface area contributed by atoms with Crippen molar-refractivity contribution in [3.63, 3.8) is 0 Å². The smallest absolute Gasteiger partial charge is 0.248 e. The van der Waals surface area contributed by atoms with Crippen molar-refractivity contribution in [2.75, 3.05) is 19.6 Å². The maximum absolute atomic E-state index is 14.3. The van der Waals surface area contributed by atoms with Crippen molar-refractivity contribution in [3.8, 4) is 0 Å². The molecule has 2 bridgehead atoms. The van der Waals surface area contributed by atoms with Gasteiger partial charge in [0, 0.05) is 13.1 Å². The Morgan fingerprint density at radius 2 is 1.44 bits per heavy atom. The van der Waals surface area contributed by atoms with Gasteiger partial charge in [-0.05, 0) is 49.1 Å². The van der Waals surface area contributed by atoms with Gasteiger partial charge in [0.2, 0.25) is 11.8 Å². The van der Waals surface area contributed by atoms with Crippen molar-refractivity contribution >= 4 is 44.7 Å². The number of imide groups is 1. The number of alkyl halides is 1. The molecule has 1 aliphatic heterocycles. The molecule has 1 saturated carbocycles. The van der Waals surface area contributed by atoms with Gasteiger partial charge >= 0.3 is 0 Å². The van der Waals surface area contributed by atoms with Gasteiger partial charge in [-0.1, -0.05) is 83.5 Å². The van der Waals surface area contributed by atoms with E-state index >= 15 is 0 Å². The molecule has 2 aliphatic carbocycles. The maximum Gasteiger partial charge on any atom is 0.248 e. The number of ketones is 1. The molecule has 2 aromatic rings. The van der Waals surface area contributed by atoms with Crippen LogP contribution in [0.2, 0.25) is 0 Å². The van der Waals surface area contributed by atoms with Gasteiger partial charge in [-0.25, -0.2) is 0 Å². The molecule has 1 saturated heterocycles. The number of halogens is 1. The monoisotopic (exact) mass is 520 g/mol. The summed E-state index contributed by atoms with van der Waals surface area (Å²) in [4.78, 5) is 43.4. The summed E-state index contributed by atoms with van der Waals surface area (Å²) in [6.45, 7) is 7.44. The third-order valence-corrected chi connectivity index (χ3v) is 9.62. The van der Waals surface area contributed by atoms with E-state index in [0.29, 0.717) is 13.1 Å². The van der Waals surface area contributed by atoms with Crippen LogP contribution in [0.4, 0.5) is 0 Å². The lowest BCUT2D eigenvalue weighted by Crippen LogP contribution is -2.51. The first-order chi connectivity index (χ1) is 16.3. The van der Waals surface area contributed by atoms with E-state index in [4.69, 9.17) is 0 Å². The van der Waals surface area contributed by atoms with E-state index in [2.05, 4.69) is 28.2 Å². The Bertz CT molecular complexity index is 1210. The summed E-state index contributed by atoms with van der Waals surface area (Å²) in [6, 6.07) is 19.6. The van der Waals surface area contributed by atoms with Crippen LogP contribution in [-0.2, 0) is 14.4 Å². The number of benzene rings is 2. The summed E-state index contributed by atoms with van der Waals surface area (Å²) >= 11 is 3.78. The molecule has 0 aromatic heterocycles. The molecule has 0 spiro atoms. The zero-order valence-corrected chi connectivity index (χ0v) is 21.3. The van der Waals surface area contributed by atoms with Gasteiger partial charge in [0.05, 0.1) is 16.7 Å². The van der Waals surface area contributed by atoms with Gasteiger partial charge in [0.25, 0.3) is 0 Å². The van der Waals surface area contributed by atoms with Crippen molar-refractivity contribution in [1.29, 1.82) is 0 Å². The van der Waals surface area contributed by atoms with Crippen molar-refractivity contribution in [2.45, 2.75) is 31.5 Å². The van der Waals surface area contributed by atoms with E-state index in [0.717, 1.165) is 35.2 Å². The highest BCUT2D eigenvalue weighted by molar-refractivity contribution is 9.10. The third kappa shape index (κ3) is 2.67. The number of Topliss-reactive ketones (excluding diaryl/α,β-unsaturated/α-hetero) is 1. The number of carbonyl (C=O) groups excluding carboxylic acids is 3. The summed E-state index contributed by atoms with van der Waals surface area (Å²) in [5, 5.41) is 3.28. The minimum Gasteiger partial charge on any atom is -0.315 e. The van der Waals surface area contributed by atoms with E-state index < -0.39 is 21.1 Å². The van der Waals surface area contributed by atoms with Gasteiger partial charge in [0.15, 0.2) is 5.78 Å². The average molecular weight is 521 g/mol. The number of fused-ring (bicyclic) bond motifs is 5. The molecule has 34 heavy (non-hydrogen) atoms. The second kappa shape index (κ2) is 7.99. The SMILES string of the molecule is CCCNCCN1C(=O)C2C3(C)C(=O)C(C)(C(c4ccccc4)=C3c3ccccc3)C2(Br)C1=O. The standard InChI is InChI=1S/C28H29BrN2O3/c1-4-15-30-16-17-31-23(32)22-26(2)20(18-11-7-5-8-12-18)21(19-13-9-6-10-14-19)27(3,24(26)33)28(22,29)25(31)34/h5-14,22,30H,4,15-17H2,1-3H3. The largest absolute Gasteiger partial charge is 0.315 e. The fourth-order valence-corrected chi connectivity index (χ4v) is 7.81. The molecule has 5 nitrogen and oxygen atoms in total. The van der Waals surface area contributed by atoms with Gasteiger partial charge in [-0.15, -0.1) is 0 Å². The normalized spacial score (nSPS) is 32.2. The number of carbonyl (C=O) groups is 3. The molecule has 3 aliphatic rings. The molecular formula is C28H29BrN2O3. The van der Waals surface area contributed by atoms with E-state index in [1.165, 1.54) is 4.90 Å². The fraction of sp³-hybridized carbons (Fsp3) is 0.393. The number of nitrogens with zero attached hydrogens (tertiary/aromatic N) is 1. The molecule has 4 unspecified atom stereocenters. The molecule has 176 valence electrons. The van der Waals surface area contributed by atoms with Gasteiger partial charge in [0.1, 0.15) is 4.32 Å². The van der Waals surface area contributed by atoms with E-state index in [1.807, 2.05) is 74.5 Å². The molecule has 2 fully saturated rings. The zero-order valence-electron chi connectivity index (χ0n) is 19.7. The Morgan fingerprint density at radius 3 is 2.00 bits per heavy atom. The van der Waals surface area contributed by atoms with E-state index in [9.17, 15) is 14.4 Å². The number of hydrogen-bond acceptors (Lipinski definition) is 4. The molecule has 1 heterocycles. The molecule has 1 N–H and O–H groups in total. The highest BCUT2D eigenvalue weighted by Crippen LogP contribution is 2.77. The summed E-state index contributed by atoms with van der Waals surface area (Å²) in [5.41, 5.74) is 1.21. The fourth-order valence-electron chi connectivity index (χ4n) is 6.56. The second-order valence-electron chi connectivity index (χ2n) is 9.83. The summed E-state index contributed by atoms with van der Waals surface area (Å²) in [7, 11) is 0. The van der Waals surface area contributed by atoms with Crippen molar-refractivity contribution in [3.05, 3.63) is 71.8 Å². The molecule has 4 atom stereocenters. The minimum atomic E-state index is -1.31. The number of allylic oxidation sites excluding steroid dienone is 2. The number of rotatable bonds is 7. The van der Waals surface area contributed by atoms with E-state index in [1.54, 1.807) is 0 Å². The third-order valence-electron chi connectivity index (χ3n) is 8.03. The molecule has 0 radical (unpaired) electrons. The average Bonchev–Trinajstić information content (AvgIpc) is 3.23. The Balaban J connectivity index is 1.73. The van der Waals surface area contributed by atoms with Crippen LogP contribution >= 0.6 is 15.9 Å². The Morgan fingerprint density at radius 1 is 0.882 bits per heavy atom. The zero-order chi connectivity index (χ0) is 24.3. The van der Waals surface area contributed by atoms with Crippen LogP contribution in [0.25, 0.3) is 11.1 Å². The quantitative estimate of drug-likeness (QED) is 0.335. The van der Waals surface area contributed by atoms with E-state index in [-0.39, 0.29) is 17.6 Å². The van der Waals surface area contributed by atoms with Crippen LogP contribution in [0.5, 0.6) is 0 Å². The number of nitrogens with one attached hydrogen (secondary N) is 1. The van der Waals surface area contributed by atoms with Crippen LogP contribution in [0.3, 0.4) is 0 Å². The summed E-state index contributed by atoms with van der Waals surface area (Å²) in [6.07, 6.45) is 0.975. The second-order valence-corrected chi connectivity index (χ2v) is 11.1. The first kappa shape index (κ1) is 23.2. The molecule has 5 rings (SSSR count). The van der Waals surface area contributed by atoms with Gasteiger partial charge < -0.3 is 5.32 Å². The Labute approximate surface area is 208 Å². The molecule has 2 amide bonds. The minimum absolute atomic E-state index is 0.0648. The summed E-state index contributed by atoms with van der Waals surface area (Å²) < 4.78 is -1.31. The lowest BCUT2D eigenvalue weighted by atomic mass is 9.63. The first-order valence-electron chi connectivity index (χ1n) is 11.9. The Hall–Kier alpha value is -2.57. The van der Waals surface area contributed by atoms with Gasteiger partial charge in [-0.2, -0.15) is 0 Å². The lowest BCUT2D eigenvalue weighted by Gasteiger charge is -2.41. The lowest BCUT2D eigenvalue weighted by molar-refractivity contribution is -0.144. The molecule has 2 aromatic carbocycles. The van der Waals surface area contributed by atoms with Crippen LogP contribution < -0.4 is 5.32 Å². The van der Waals surface area contributed by atoms with Crippen LogP contribution in [-0.4, -0.2) is 46.5 Å². The highest BCUT2D eigenvalue weighted by atomic mass is 79.9. The topological polar surface area (TPSA) is 66.5 Å². The molecule has 6 heteroatoms. The summed E-state index contributed by atoms with van der Waals surface area (Å²) in [5.74, 6) is -1.43. The number of hydrogen-bond donors (Lipinski definition) is 1. The predicted molar refractivity (Wildman–Crippen MR) is 136 cm³/mol. The number of likely N-dealkylation sites (tertiary alicyclic amines) is 1. The Kier molecular flexibility index (Phi) is 5.45. The van der Waals surface area contributed by atoms with Crippen LogP contribution in [0, 0.1) is 16.7 Å². The first-order valence-corrected chi connectivity index (χ1v) is 12.7. The van der Waals surface area contributed by atoms with Gasteiger partial charge in [-0.3, -0.25) is 19.3 Å². The predicted octanol–water partition coefficient (Wildman–Crippen LogP) is 4.32. The van der Waals surface area contributed by atoms with Crippen molar-refractivity contribution in [2.24, 2.45) is 16.7 Å². The van der Waals surface area contributed by atoms with Crippen LogP contribution in [0.1, 0.15) is 38.3 Å².